The average molecular weight is 504 g/mol. The Kier molecular flexibility index (Phi) is 6.75. The lowest BCUT2D eigenvalue weighted by Crippen LogP contribution is -2.55. The van der Waals surface area contributed by atoms with E-state index in [0.717, 1.165) is 16.7 Å². The van der Waals surface area contributed by atoms with Crippen molar-refractivity contribution in [1.82, 2.24) is 25.3 Å². The van der Waals surface area contributed by atoms with Gasteiger partial charge >= 0.3 is 0 Å². The van der Waals surface area contributed by atoms with Gasteiger partial charge in [-0.25, -0.2) is 0 Å². The topological polar surface area (TPSA) is 129 Å². The zero-order chi connectivity index (χ0) is 26.1. The van der Waals surface area contributed by atoms with Gasteiger partial charge in [-0.05, 0) is 23.1 Å². The molecule has 37 heavy (non-hydrogen) atoms. The van der Waals surface area contributed by atoms with Crippen molar-refractivity contribution in [1.29, 1.82) is 0 Å². The molecule has 192 valence electrons. The van der Waals surface area contributed by atoms with E-state index in [1.54, 1.807) is 11.0 Å². The minimum atomic E-state index is -0.817. The fourth-order valence-electron chi connectivity index (χ4n) is 5.13. The van der Waals surface area contributed by atoms with Crippen LogP contribution in [-0.4, -0.2) is 67.5 Å². The third-order valence-electron chi connectivity index (χ3n) is 6.97. The van der Waals surface area contributed by atoms with Gasteiger partial charge in [-0.15, -0.1) is 0 Å². The van der Waals surface area contributed by atoms with Crippen molar-refractivity contribution in [3.05, 3.63) is 71.6 Å². The summed E-state index contributed by atoms with van der Waals surface area (Å²) < 4.78 is 4.77. The Hall–Kier alpha value is -4.05. The number of hydrogen-bond donors (Lipinski definition) is 2. The lowest BCUT2D eigenvalue weighted by Gasteiger charge is -2.35. The Morgan fingerprint density at radius 1 is 1.16 bits per heavy atom. The maximum absolute atomic E-state index is 13.8. The van der Waals surface area contributed by atoms with E-state index < -0.39 is 18.2 Å². The number of hydrogen-bond acceptors (Lipinski definition) is 7. The minimum Gasteiger partial charge on any atom is -0.391 e. The molecular weight excluding hydrogens is 474 g/mol. The second-order valence-corrected chi connectivity index (χ2v) is 9.84. The van der Waals surface area contributed by atoms with E-state index in [0.29, 0.717) is 17.9 Å². The molecule has 2 aromatic carbocycles. The summed E-state index contributed by atoms with van der Waals surface area (Å²) in [7, 11) is 0. The number of nitrogens with one attached hydrogen (secondary N) is 1. The molecule has 3 amide bonds. The van der Waals surface area contributed by atoms with Gasteiger partial charge in [-0.3, -0.25) is 14.4 Å². The fraction of sp³-hybridized carbons (Fsp3) is 0.370. The Morgan fingerprint density at radius 2 is 1.92 bits per heavy atom. The number of likely N-dealkylation sites (tertiary alicyclic amines) is 1. The summed E-state index contributed by atoms with van der Waals surface area (Å²) in [6, 6.07) is 13.2. The van der Waals surface area contributed by atoms with Crippen LogP contribution in [0.1, 0.15) is 41.8 Å². The number of carbonyl (C=O) groups excluding carboxylic acids is 3. The van der Waals surface area contributed by atoms with Crippen LogP contribution in [0.2, 0.25) is 0 Å². The molecule has 10 heteroatoms. The van der Waals surface area contributed by atoms with E-state index in [4.69, 9.17) is 4.52 Å². The maximum Gasteiger partial charge on any atom is 0.255 e. The van der Waals surface area contributed by atoms with Crippen LogP contribution < -0.4 is 5.32 Å². The predicted octanol–water partition coefficient (Wildman–Crippen LogP) is 2.00. The molecule has 0 radical (unpaired) electrons. The van der Waals surface area contributed by atoms with Crippen LogP contribution >= 0.6 is 0 Å². The van der Waals surface area contributed by atoms with Crippen molar-refractivity contribution in [2.45, 2.75) is 51.5 Å². The normalized spacial score (nSPS) is 19.8. The molecule has 3 atom stereocenters. The summed E-state index contributed by atoms with van der Waals surface area (Å²) in [5, 5.41) is 17.1. The van der Waals surface area contributed by atoms with Crippen molar-refractivity contribution in [3.63, 3.8) is 0 Å². The van der Waals surface area contributed by atoms with Gasteiger partial charge < -0.3 is 24.7 Å². The fourth-order valence-corrected chi connectivity index (χ4v) is 5.13. The second kappa shape index (κ2) is 10.1. The molecule has 0 aliphatic carbocycles. The van der Waals surface area contributed by atoms with Crippen molar-refractivity contribution in [2.75, 3.05) is 6.54 Å². The lowest BCUT2D eigenvalue weighted by atomic mass is 10.0. The highest BCUT2D eigenvalue weighted by Gasteiger charge is 2.45. The molecular formula is C27H29N5O5. The quantitative estimate of drug-likeness (QED) is 0.505. The molecule has 0 spiro atoms. The number of aliphatic hydroxyl groups excluding tert-OH is 1. The molecule has 0 bridgehead atoms. The van der Waals surface area contributed by atoms with E-state index in [-0.39, 0.29) is 43.1 Å². The molecule has 2 unspecified atom stereocenters. The highest BCUT2D eigenvalue weighted by Crippen LogP contribution is 2.30. The Balaban J connectivity index is 1.27. The Labute approximate surface area is 214 Å². The maximum atomic E-state index is 13.8. The van der Waals surface area contributed by atoms with Crippen LogP contribution in [-0.2, 0) is 22.7 Å². The molecule has 1 aromatic heterocycles. The minimum absolute atomic E-state index is 0.0501. The first-order valence-corrected chi connectivity index (χ1v) is 12.3. The van der Waals surface area contributed by atoms with Gasteiger partial charge in [0.05, 0.1) is 6.10 Å². The van der Waals surface area contributed by atoms with Crippen molar-refractivity contribution in [3.8, 4) is 11.4 Å². The predicted molar refractivity (Wildman–Crippen MR) is 133 cm³/mol. The third-order valence-corrected chi connectivity index (χ3v) is 6.97. The van der Waals surface area contributed by atoms with Crippen molar-refractivity contribution < 1.29 is 24.0 Å². The van der Waals surface area contributed by atoms with E-state index in [2.05, 4.69) is 15.5 Å². The summed E-state index contributed by atoms with van der Waals surface area (Å²) in [5.41, 5.74) is 3.13. The number of aliphatic hydroxyl groups is 1. The third kappa shape index (κ3) is 4.84. The Morgan fingerprint density at radius 3 is 2.59 bits per heavy atom. The number of nitrogens with zero attached hydrogens (tertiary/aromatic N) is 4. The van der Waals surface area contributed by atoms with Crippen molar-refractivity contribution in [2.24, 2.45) is 5.92 Å². The molecule has 1 saturated heterocycles. The van der Waals surface area contributed by atoms with Crippen LogP contribution in [0.15, 0.2) is 59.4 Å². The van der Waals surface area contributed by atoms with Crippen LogP contribution in [0.25, 0.3) is 11.4 Å². The number of fused-ring (bicyclic) bond motifs is 1. The average Bonchev–Trinajstić information content (AvgIpc) is 3.63. The monoisotopic (exact) mass is 503 g/mol. The number of aromatic nitrogens is 2. The van der Waals surface area contributed by atoms with Gasteiger partial charge in [0.1, 0.15) is 12.1 Å². The van der Waals surface area contributed by atoms with Gasteiger partial charge in [-0.2, -0.15) is 4.98 Å². The lowest BCUT2D eigenvalue weighted by molar-refractivity contribution is -0.143. The summed E-state index contributed by atoms with van der Waals surface area (Å²) in [6.07, 6.45) is 0.593. The number of β-amino-alcohol motifs (C(OH)–C–C–N with tert-alkyl or cyclic N) is 1. The molecule has 10 nitrogen and oxygen atoms in total. The molecule has 2 N–H and O–H groups in total. The number of benzene rings is 2. The summed E-state index contributed by atoms with van der Waals surface area (Å²) in [6.45, 7) is 4.43. The largest absolute Gasteiger partial charge is 0.391 e. The highest BCUT2D eigenvalue weighted by atomic mass is 16.5. The molecule has 3 aromatic rings. The van der Waals surface area contributed by atoms with Crippen molar-refractivity contribution >= 4 is 17.7 Å². The first kappa shape index (κ1) is 24.6. The summed E-state index contributed by atoms with van der Waals surface area (Å²) in [4.78, 5) is 47.1. The zero-order valence-electron chi connectivity index (χ0n) is 20.7. The van der Waals surface area contributed by atoms with E-state index >= 15 is 0 Å². The van der Waals surface area contributed by atoms with Gasteiger partial charge in [0.25, 0.3) is 5.91 Å². The van der Waals surface area contributed by atoms with E-state index in [1.807, 2.05) is 56.3 Å². The summed E-state index contributed by atoms with van der Waals surface area (Å²) >= 11 is 0. The van der Waals surface area contributed by atoms with Gasteiger partial charge in [0, 0.05) is 37.2 Å². The van der Waals surface area contributed by atoms with E-state index in [9.17, 15) is 19.5 Å². The first-order chi connectivity index (χ1) is 17.8. The Bertz CT molecular complexity index is 1290. The molecule has 3 heterocycles. The van der Waals surface area contributed by atoms with Crippen LogP contribution in [0.3, 0.4) is 0 Å². The zero-order valence-corrected chi connectivity index (χ0v) is 20.7. The SMILES string of the molecule is CC(C)[C@@H](C(=O)N1CC(O)CC1C(=O)NCc1ccc(-c2ncon2)cc1)N1Cc2ccccc2C1=O. The standard InChI is InChI=1S/C27H29N5O5/c1-16(2)23(32-13-19-5-3-4-6-21(19)26(32)35)27(36)31-14-20(33)11-22(31)25(34)28-12-17-7-9-18(10-8-17)24-29-15-37-30-24/h3-10,15-16,20,22-23,33H,11-14H2,1-2H3,(H,28,34)/t20?,22?,23-/m0/s1. The molecule has 1 fully saturated rings. The molecule has 5 rings (SSSR count). The van der Waals surface area contributed by atoms with Crippen LogP contribution in [0.4, 0.5) is 0 Å². The van der Waals surface area contributed by atoms with Gasteiger partial charge in [0.15, 0.2) is 0 Å². The molecule has 2 aliphatic heterocycles. The highest BCUT2D eigenvalue weighted by molar-refractivity contribution is 6.01. The summed E-state index contributed by atoms with van der Waals surface area (Å²) in [5.74, 6) is -0.551. The molecule has 0 saturated carbocycles. The number of rotatable bonds is 7. The second-order valence-electron chi connectivity index (χ2n) is 9.84. The molecule has 2 aliphatic rings. The van der Waals surface area contributed by atoms with Crippen LogP contribution in [0, 0.1) is 5.92 Å². The van der Waals surface area contributed by atoms with Crippen LogP contribution in [0.5, 0.6) is 0 Å². The number of amides is 3. The number of carbonyl (C=O) groups is 3. The van der Waals surface area contributed by atoms with Gasteiger partial charge in [-0.1, -0.05) is 61.5 Å². The van der Waals surface area contributed by atoms with Gasteiger partial charge in [0.2, 0.25) is 24.0 Å². The smallest absolute Gasteiger partial charge is 0.255 e. The first-order valence-electron chi connectivity index (χ1n) is 12.3. The van der Waals surface area contributed by atoms with E-state index in [1.165, 1.54) is 11.3 Å².